The van der Waals surface area contributed by atoms with Crippen molar-refractivity contribution in [2.75, 3.05) is 6.54 Å². The van der Waals surface area contributed by atoms with Crippen LogP contribution in [0, 0.1) is 11.8 Å². The molecule has 0 aliphatic carbocycles. The number of hydrogen-bond donors (Lipinski definition) is 1. The van der Waals surface area contributed by atoms with Gasteiger partial charge >= 0.3 is 0 Å². The molecule has 1 aliphatic rings. The molecule has 0 fully saturated rings. The lowest BCUT2D eigenvalue weighted by Gasteiger charge is -2.43. The van der Waals surface area contributed by atoms with Crippen molar-refractivity contribution in [1.82, 2.24) is 5.32 Å². The Kier molecular flexibility index (Phi) is 2.63. The second-order valence-electron chi connectivity index (χ2n) is 5.13. The monoisotopic (exact) mass is 207 g/mol. The molecule has 1 aromatic heterocycles. The molecule has 2 nitrogen and oxygen atoms in total. The highest BCUT2D eigenvalue weighted by atomic mass is 16.3. The van der Waals surface area contributed by atoms with Crippen molar-refractivity contribution in [2.24, 2.45) is 11.8 Å². The summed E-state index contributed by atoms with van der Waals surface area (Å²) in [6, 6.07) is 2.12. The van der Waals surface area contributed by atoms with E-state index in [0.29, 0.717) is 11.8 Å². The van der Waals surface area contributed by atoms with Gasteiger partial charge in [-0.15, -0.1) is 0 Å². The van der Waals surface area contributed by atoms with Gasteiger partial charge < -0.3 is 9.73 Å². The zero-order chi connectivity index (χ0) is 11.1. The summed E-state index contributed by atoms with van der Waals surface area (Å²) in [5.74, 6) is 2.25. The Morgan fingerprint density at radius 1 is 1.27 bits per heavy atom. The van der Waals surface area contributed by atoms with E-state index in [1.807, 2.05) is 6.26 Å². The van der Waals surface area contributed by atoms with Crippen LogP contribution >= 0.6 is 0 Å². The summed E-state index contributed by atoms with van der Waals surface area (Å²) in [5.41, 5.74) is 1.41. The van der Waals surface area contributed by atoms with E-state index < -0.39 is 0 Å². The van der Waals surface area contributed by atoms with Gasteiger partial charge in [-0.25, -0.2) is 0 Å². The van der Waals surface area contributed by atoms with E-state index in [2.05, 4.69) is 39.1 Å². The van der Waals surface area contributed by atoms with E-state index >= 15 is 0 Å². The number of nitrogens with one attached hydrogen (secondary N) is 1. The third-order valence-electron chi connectivity index (χ3n) is 3.76. The van der Waals surface area contributed by atoms with Crippen LogP contribution in [-0.2, 0) is 12.0 Å². The van der Waals surface area contributed by atoms with E-state index in [1.165, 1.54) is 11.3 Å². The average molecular weight is 207 g/mol. The molecule has 84 valence electrons. The van der Waals surface area contributed by atoms with Crippen LogP contribution in [0.5, 0.6) is 0 Å². The summed E-state index contributed by atoms with van der Waals surface area (Å²) in [6.45, 7) is 10.1. The third kappa shape index (κ3) is 1.43. The second-order valence-corrected chi connectivity index (χ2v) is 5.13. The average Bonchev–Trinajstić information content (AvgIpc) is 2.63. The molecule has 0 amide bonds. The summed E-state index contributed by atoms with van der Waals surface area (Å²) in [4.78, 5) is 0. The van der Waals surface area contributed by atoms with Crippen molar-refractivity contribution in [1.29, 1.82) is 0 Å². The lowest BCUT2D eigenvalue weighted by atomic mass is 9.72. The largest absolute Gasteiger partial charge is 0.467 e. The van der Waals surface area contributed by atoms with Crippen LogP contribution in [0.3, 0.4) is 0 Å². The van der Waals surface area contributed by atoms with Crippen LogP contribution in [0.4, 0.5) is 0 Å². The highest BCUT2D eigenvalue weighted by molar-refractivity contribution is 5.29. The minimum absolute atomic E-state index is 0.0249. The zero-order valence-corrected chi connectivity index (χ0v) is 10.1. The highest BCUT2D eigenvalue weighted by Gasteiger charge is 2.44. The first-order valence-electron chi connectivity index (χ1n) is 5.91. The van der Waals surface area contributed by atoms with Crippen molar-refractivity contribution in [3.8, 4) is 0 Å². The normalized spacial score (nSPS) is 19.6. The maximum Gasteiger partial charge on any atom is 0.127 e. The van der Waals surface area contributed by atoms with Crippen LogP contribution in [0.2, 0.25) is 0 Å². The smallest absolute Gasteiger partial charge is 0.127 e. The number of rotatable bonds is 2. The van der Waals surface area contributed by atoms with Gasteiger partial charge in [0.2, 0.25) is 0 Å². The molecule has 0 aromatic carbocycles. The van der Waals surface area contributed by atoms with Crippen molar-refractivity contribution >= 4 is 0 Å². The van der Waals surface area contributed by atoms with E-state index in [1.54, 1.807) is 0 Å². The van der Waals surface area contributed by atoms with Crippen molar-refractivity contribution in [3.05, 3.63) is 23.7 Å². The fourth-order valence-electron chi connectivity index (χ4n) is 2.98. The molecule has 0 saturated heterocycles. The molecule has 0 unspecified atom stereocenters. The highest BCUT2D eigenvalue weighted by Crippen LogP contribution is 2.41. The van der Waals surface area contributed by atoms with Crippen LogP contribution in [0.25, 0.3) is 0 Å². The summed E-state index contributed by atoms with van der Waals surface area (Å²) < 4.78 is 5.73. The Hall–Kier alpha value is -0.760. The third-order valence-corrected chi connectivity index (χ3v) is 3.76. The van der Waals surface area contributed by atoms with Gasteiger partial charge in [0.15, 0.2) is 0 Å². The first-order valence-corrected chi connectivity index (χ1v) is 5.91. The maximum atomic E-state index is 5.73. The standard InChI is InChI=1S/C13H21NO/c1-9(2)13(10(3)4)12-11(5-7-14-13)6-8-15-12/h6,8-10,14H,5,7H2,1-4H3. The molecule has 15 heavy (non-hydrogen) atoms. The predicted molar refractivity (Wildman–Crippen MR) is 61.8 cm³/mol. The molecule has 2 heteroatoms. The molecule has 1 N–H and O–H groups in total. The van der Waals surface area contributed by atoms with E-state index in [-0.39, 0.29) is 5.54 Å². The van der Waals surface area contributed by atoms with Crippen LogP contribution in [0.15, 0.2) is 16.7 Å². The molecule has 2 heterocycles. The van der Waals surface area contributed by atoms with E-state index in [9.17, 15) is 0 Å². The van der Waals surface area contributed by atoms with Gasteiger partial charge in [0.05, 0.1) is 11.8 Å². The second kappa shape index (κ2) is 3.67. The molecule has 0 atom stereocenters. The van der Waals surface area contributed by atoms with E-state index in [0.717, 1.165) is 13.0 Å². The fraction of sp³-hybridized carbons (Fsp3) is 0.692. The lowest BCUT2D eigenvalue weighted by Crippen LogP contribution is -2.54. The Balaban J connectivity index is 2.52. The predicted octanol–water partition coefficient (Wildman–Crippen LogP) is 2.93. The van der Waals surface area contributed by atoms with Gasteiger partial charge in [-0.1, -0.05) is 27.7 Å². The van der Waals surface area contributed by atoms with E-state index in [4.69, 9.17) is 4.42 Å². The van der Waals surface area contributed by atoms with Crippen molar-refractivity contribution in [3.63, 3.8) is 0 Å². The maximum absolute atomic E-state index is 5.73. The summed E-state index contributed by atoms with van der Waals surface area (Å²) >= 11 is 0. The zero-order valence-electron chi connectivity index (χ0n) is 10.1. The minimum atomic E-state index is 0.0249. The van der Waals surface area contributed by atoms with Gasteiger partial charge in [0.1, 0.15) is 5.76 Å². The number of hydrogen-bond acceptors (Lipinski definition) is 2. The molecular weight excluding hydrogens is 186 g/mol. The molecule has 1 aromatic rings. The molecule has 0 radical (unpaired) electrons. The molecule has 0 bridgehead atoms. The Bertz CT molecular complexity index is 330. The molecule has 0 spiro atoms. The topological polar surface area (TPSA) is 25.2 Å². The van der Waals surface area contributed by atoms with Crippen LogP contribution in [0.1, 0.15) is 39.0 Å². The quantitative estimate of drug-likeness (QED) is 0.806. The van der Waals surface area contributed by atoms with Crippen molar-refractivity contribution < 1.29 is 4.42 Å². The molecule has 2 rings (SSSR count). The fourth-order valence-corrected chi connectivity index (χ4v) is 2.98. The lowest BCUT2D eigenvalue weighted by molar-refractivity contribution is 0.121. The molecule has 1 aliphatic heterocycles. The number of furan rings is 1. The minimum Gasteiger partial charge on any atom is -0.467 e. The van der Waals surface area contributed by atoms with Crippen LogP contribution in [-0.4, -0.2) is 6.54 Å². The molecule has 0 saturated carbocycles. The summed E-state index contributed by atoms with van der Waals surface area (Å²) in [7, 11) is 0. The first-order chi connectivity index (χ1) is 7.09. The van der Waals surface area contributed by atoms with Crippen molar-refractivity contribution in [2.45, 2.75) is 39.7 Å². The van der Waals surface area contributed by atoms with Gasteiger partial charge in [-0.2, -0.15) is 0 Å². The van der Waals surface area contributed by atoms with Gasteiger partial charge in [-0.05, 0) is 29.9 Å². The van der Waals surface area contributed by atoms with Crippen LogP contribution < -0.4 is 5.32 Å². The Labute approximate surface area is 92.1 Å². The summed E-state index contributed by atoms with van der Waals surface area (Å²) in [5, 5.41) is 3.68. The van der Waals surface area contributed by atoms with Gasteiger partial charge in [0.25, 0.3) is 0 Å². The first kappa shape index (κ1) is 10.7. The molecular formula is C13H21NO. The Morgan fingerprint density at radius 3 is 2.53 bits per heavy atom. The summed E-state index contributed by atoms with van der Waals surface area (Å²) in [6.07, 6.45) is 2.92. The van der Waals surface area contributed by atoms with Gasteiger partial charge in [-0.3, -0.25) is 0 Å². The number of fused-ring (bicyclic) bond motifs is 1. The Morgan fingerprint density at radius 2 is 1.93 bits per heavy atom. The van der Waals surface area contributed by atoms with Gasteiger partial charge in [0, 0.05) is 6.54 Å². The SMILES string of the molecule is CC(C)C1(C(C)C)NCCc2ccoc21.